The van der Waals surface area contributed by atoms with E-state index in [1.54, 1.807) is 9.80 Å². The minimum Gasteiger partial charge on any atom is -0.297 e. The normalized spacial score (nSPS) is 25.2. The van der Waals surface area contributed by atoms with Gasteiger partial charge in [-0.25, -0.2) is 0 Å². The van der Waals surface area contributed by atoms with Gasteiger partial charge in [-0.3, -0.25) is 9.80 Å². The molecule has 2 aromatic carbocycles. The summed E-state index contributed by atoms with van der Waals surface area (Å²) >= 11 is 0. The lowest BCUT2D eigenvalue weighted by Gasteiger charge is -2.34. The van der Waals surface area contributed by atoms with Gasteiger partial charge < -0.3 is 0 Å². The van der Waals surface area contributed by atoms with Crippen molar-refractivity contribution in [1.29, 1.82) is 0 Å². The van der Waals surface area contributed by atoms with Crippen LogP contribution < -0.4 is 0 Å². The third-order valence-electron chi connectivity index (χ3n) is 3.44. The molecular formula is C18H22N2. The highest BCUT2D eigenvalue weighted by Crippen LogP contribution is 2.11. The number of hydrogen-bond acceptors (Lipinski definition) is 2. The molecule has 1 aliphatic rings. The van der Waals surface area contributed by atoms with Crippen LogP contribution in [0, 0.1) is 0 Å². The summed E-state index contributed by atoms with van der Waals surface area (Å²) < 4.78 is 33.6. The topological polar surface area (TPSA) is 6.48 Å². The first-order valence-corrected chi connectivity index (χ1v) is 6.99. The molecule has 0 unspecified atom stereocenters. The van der Waals surface area contributed by atoms with E-state index >= 15 is 0 Å². The van der Waals surface area contributed by atoms with Crippen LogP contribution in [0.4, 0.5) is 0 Å². The van der Waals surface area contributed by atoms with E-state index in [1.807, 2.05) is 60.7 Å². The Bertz CT molecular complexity index is 602. The molecule has 3 rings (SSSR count). The summed E-state index contributed by atoms with van der Waals surface area (Å²) in [5.41, 5.74) is 1.99. The first kappa shape index (κ1) is 9.32. The van der Waals surface area contributed by atoms with Crippen LogP contribution in [0.1, 0.15) is 16.6 Å². The van der Waals surface area contributed by atoms with Crippen molar-refractivity contribution < 1.29 is 5.48 Å². The van der Waals surface area contributed by atoms with Crippen LogP contribution in [0.15, 0.2) is 60.7 Å². The molecule has 1 heterocycles. The lowest BCUT2D eigenvalue weighted by molar-refractivity contribution is 0.122. The smallest absolute Gasteiger partial charge is 0.0444 e. The maximum Gasteiger partial charge on any atom is 0.0444 e. The average molecular weight is 270 g/mol. The first-order valence-electron chi connectivity index (χ1n) is 8.99. The van der Waals surface area contributed by atoms with E-state index in [1.165, 1.54) is 0 Å². The van der Waals surface area contributed by atoms with Crippen molar-refractivity contribution in [2.75, 3.05) is 26.1 Å². The molecule has 1 saturated heterocycles. The molecule has 20 heavy (non-hydrogen) atoms. The largest absolute Gasteiger partial charge is 0.297 e. The molecule has 0 bridgehead atoms. The Hall–Kier alpha value is -1.64. The predicted molar refractivity (Wildman–Crippen MR) is 83.4 cm³/mol. The van der Waals surface area contributed by atoms with Gasteiger partial charge in [0.15, 0.2) is 0 Å². The molecular weight excluding hydrogens is 244 g/mol. The summed E-state index contributed by atoms with van der Waals surface area (Å²) in [4.78, 5) is 3.20. The fraction of sp³-hybridized carbons (Fsp3) is 0.333. The van der Waals surface area contributed by atoms with Crippen molar-refractivity contribution in [1.82, 2.24) is 9.80 Å². The molecule has 0 atom stereocenters. The van der Waals surface area contributed by atoms with Gasteiger partial charge in [-0.05, 0) is 11.1 Å². The van der Waals surface area contributed by atoms with Crippen molar-refractivity contribution in [2.24, 2.45) is 0 Å². The van der Waals surface area contributed by atoms with Crippen molar-refractivity contribution >= 4 is 0 Å². The Morgan fingerprint density at radius 1 is 0.700 bits per heavy atom. The predicted octanol–water partition coefficient (Wildman–Crippen LogP) is 3.00. The maximum absolute atomic E-state index is 8.41. The second kappa shape index (κ2) is 6.69. The Labute approximate surface area is 127 Å². The van der Waals surface area contributed by atoms with Crippen molar-refractivity contribution in [3.63, 3.8) is 0 Å². The van der Waals surface area contributed by atoms with Crippen LogP contribution in [0.2, 0.25) is 0 Å². The van der Waals surface area contributed by atoms with Gasteiger partial charge in [-0.2, -0.15) is 0 Å². The third kappa shape index (κ3) is 3.69. The molecule has 2 nitrogen and oxygen atoms in total. The summed E-state index contributed by atoms with van der Waals surface area (Å²) in [7, 11) is 0. The summed E-state index contributed by atoms with van der Waals surface area (Å²) in [5.74, 6) is 0. The van der Waals surface area contributed by atoms with Crippen molar-refractivity contribution in [3.05, 3.63) is 71.8 Å². The van der Waals surface area contributed by atoms with Crippen molar-refractivity contribution in [2.45, 2.75) is 13.1 Å². The summed E-state index contributed by atoms with van der Waals surface area (Å²) in [5, 5.41) is 0. The highest BCUT2D eigenvalue weighted by Gasteiger charge is 2.16. The van der Waals surface area contributed by atoms with Crippen LogP contribution in [0.25, 0.3) is 0 Å². The number of benzene rings is 2. The number of hydrogen-bond donors (Lipinski definition) is 0. The molecule has 0 N–H and O–H groups in total. The average Bonchev–Trinajstić information content (AvgIpc) is 2.57. The molecule has 2 aromatic rings. The molecule has 1 aliphatic heterocycles. The van der Waals surface area contributed by atoms with Crippen LogP contribution >= 0.6 is 0 Å². The zero-order valence-corrected chi connectivity index (χ0v) is 11.5. The highest BCUT2D eigenvalue weighted by molar-refractivity contribution is 5.15. The van der Waals surface area contributed by atoms with Gasteiger partial charge in [-0.1, -0.05) is 60.7 Å². The van der Waals surface area contributed by atoms with E-state index in [0.717, 1.165) is 11.1 Å². The van der Waals surface area contributed by atoms with Crippen LogP contribution in [0.3, 0.4) is 0 Å². The molecule has 0 amide bonds. The van der Waals surface area contributed by atoms with Crippen LogP contribution in [0.5, 0.6) is 0 Å². The van der Waals surface area contributed by atoms with E-state index < -0.39 is 13.0 Å². The molecule has 0 aromatic heterocycles. The van der Waals surface area contributed by atoms with Gasteiger partial charge in [-0.15, -0.1) is 0 Å². The molecule has 0 aliphatic carbocycles. The molecule has 0 spiro atoms. The van der Waals surface area contributed by atoms with E-state index in [9.17, 15) is 0 Å². The fourth-order valence-corrected chi connectivity index (χ4v) is 2.34. The Kier molecular flexibility index (Phi) is 3.12. The van der Waals surface area contributed by atoms with Crippen molar-refractivity contribution in [3.8, 4) is 0 Å². The Morgan fingerprint density at radius 2 is 1.10 bits per heavy atom. The highest BCUT2D eigenvalue weighted by atomic mass is 15.3. The second-order valence-electron chi connectivity index (χ2n) is 5.04. The summed E-state index contributed by atoms with van der Waals surface area (Å²) in [6, 6.07) is 19.3. The fourth-order valence-electron chi connectivity index (χ4n) is 2.34. The van der Waals surface area contributed by atoms with Crippen LogP contribution in [-0.2, 0) is 13.1 Å². The second-order valence-corrected chi connectivity index (χ2v) is 5.04. The lowest BCUT2D eigenvalue weighted by atomic mass is 10.1. The SMILES string of the molecule is [2H]C1([2H])N(Cc2ccccc2)CCN(Cc2ccccc2)C1([2H])[2H]. The minimum atomic E-state index is -2.06. The maximum atomic E-state index is 8.41. The molecule has 2 heteroatoms. The molecule has 104 valence electrons. The van der Waals surface area contributed by atoms with Gasteiger partial charge in [0.25, 0.3) is 0 Å². The van der Waals surface area contributed by atoms with Gasteiger partial charge in [0.2, 0.25) is 0 Å². The van der Waals surface area contributed by atoms with Gasteiger partial charge >= 0.3 is 0 Å². The van der Waals surface area contributed by atoms with E-state index in [4.69, 9.17) is 5.48 Å². The number of nitrogens with zero attached hydrogens (tertiary/aromatic N) is 2. The Balaban J connectivity index is 1.77. The van der Waals surface area contributed by atoms with E-state index in [-0.39, 0.29) is 0 Å². The monoisotopic (exact) mass is 270 g/mol. The van der Waals surface area contributed by atoms with Gasteiger partial charge in [0.1, 0.15) is 0 Å². The summed E-state index contributed by atoms with van der Waals surface area (Å²) in [6.45, 7) is -2.31. The number of rotatable bonds is 4. The van der Waals surface area contributed by atoms with E-state index in [2.05, 4.69) is 0 Å². The lowest BCUT2D eigenvalue weighted by Crippen LogP contribution is -2.45. The summed E-state index contributed by atoms with van der Waals surface area (Å²) in [6.07, 6.45) is 0. The first-order chi connectivity index (χ1) is 11.4. The zero-order chi connectivity index (χ0) is 17.2. The molecule has 0 radical (unpaired) electrons. The van der Waals surface area contributed by atoms with Gasteiger partial charge in [0.05, 0.1) is 0 Å². The quantitative estimate of drug-likeness (QED) is 0.842. The number of piperazine rings is 1. The van der Waals surface area contributed by atoms with Crippen LogP contribution in [-0.4, -0.2) is 35.9 Å². The van der Waals surface area contributed by atoms with E-state index in [0.29, 0.717) is 26.2 Å². The molecule has 0 saturated carbocycles. The Morgan fingerprint density at radius 3 is 1.50 bits per heavy atom. The minimum absolute atomic E-state index is 0.409. The standard InChI is InChI=1S/C18H22N2/c1-3-7-17(8-4-1)15-19-11-13-20(14-12-19)16-18-9-5-2-6-10-18/h1-10H,11-16H2/i11D2,13D2. The zero-order valence-electron chi connectivity index (χ0n) is 15.5. The third-order valence-corrected chi connectivity index (χ3v) is 3.44. The van der Waals surface area contributed by atoms with Gasteiger partial charge in [0, 0.05) is 44.7 Å². The molecule has 1 fully saturated rings.